The fourth-order valence-electron chi connectivity index (χ4n) is 1.82. The first-order chi connectivity index (χ1) is 9.06. The molecule has 0 aliphatic rings. The minimum atomic E-state index is -0.293. The van der Waals surface area contributed by atoms with E-state index in [1.165, 1.54) is 6.07 Å². The molecule has 2 aromatic carbocycles. The van der Waals surface area contributed by atoms with Crippen LogP contribution in [0.15, 0.2) is 42.5 Å². The van der Waals surface area contributed by atoms with Gasteiger partial charge in [0.2, 0.25) is 0 Å². The fraction of sp³-hybridized carbons (Fsp3) is 0.200. The summed E-state index contributed by atoms with van der Waals surface area (Å²) >= 11 is 11.7. The van der Waals surface area contributed by atoms with Crippen LogP contribution in [-0.2, 0) is 6.54 Å². The highest BCUT2D eigenvalue weighted by Crippen LogP contribution is 2.19. The molecule has 0 saturated carbocycles. The van der Waals surface area contributed by atoms with Crippen LogP contribution in [-0.4, -0.2) is 0 Å². The van der Waals surface area contributed by atoms with Crippen LogP contribution in [0.25, 0.3) is 0 Å². The predicted molar refractivity (Wildman–Crippen MR) is 78.1 cm³/mol. The van der Waals surface area contributed by atoms with Gasteiger partial charge in [-0.25, -0.2) is 4.39 Å². The van der Waals surface area contributed by atoms with E-state index in [9.17, 15) is 4.39 Å². The van der Waals surface area contributed by atoms with E-state index >= 15 is 0 Å². The maximum atomic E-state index is 13.6. The van der Waals surface area contributed by atoms with Gasteiger partial charge in [0.05, 0.1) is 0 Å². The Hall–Kier alpha value is -1.09. The Morgan fingerprint density at radius 3 is 2.53 bits per heavy atom. The summed E-state index contributed by atoms with van der Waals surface area (Å²) in [5.41, 5.74) is 1.67. The number of halogens is 3. The van der Waals surface area contributed by atoms with Gasteiger partial charge in [-0.1, -0.05) is 41.4 Å². The molecular formula is C15H14Cl2FN. The third kappa shape index (κ3) is 3.93. The van der Waals surface area contributed by atoms with Crippen LogP contribution >= 0.6 is 23.2 Å². The second kappa shape index (κ2) is 6.38. The zero-order valence-electron chi connectivity index (χ0n) is 10.5. The van der Waals surface area contributed by atoms with E-state index in [4.69, 9.17) is 23.2 Å². The first-order valence-corrected chi connectivity index (χ1v) is 6.74. The monoisotopic (exact) mass is 297 g/mol. The number of nitrogens with one attached hydrogen (secondary N) is 1. The molecule has 1 unspecified atom stereocenters. The van der Waals surface area contributed by atoms with Crippen molar-refractivity contribution in [3.8, 4) is 0 Å². The summed E-state index contributed by atoms with van der Waals surface area (Å²) in [7, 11) is 0. The maximum Gasteiger partial charge on any atom is 0.129 e. The SMILES string of the molecule is CC(NCc1ccc(Cl)cc1F)c1cccc(Cl)c1. The summed E-state index contributed by atoms with van der Waals surface area (Å²) in [6.07, 6.45) is 0. The third-order valence-corrected chi connectivity index (χ3v) is 3.43. The van der Waals surface area contributed by atoms with Crippen molar-refractivity contribution in [2.75, 3.05) is 0 Å². The lowest BCUT2D eigenvalue weighted by molar-refractivity contribution is 0.544. The van der Waals surface area contributed by atoms with Gasteiger partial charge in [0.15, 0.2) is 0 Å². The number of rotatable bonds is 4. The molecule has 0 heterocycles. The third-order valence-electron chi connectivity index (χ3n) is 2.96. The minimum absolute atomic E-state index is 0.0915. The van der Waals surface area contributed by atoms with Gasteiger partial charge < -0.3 is 5.32 Å². The Morgan fingerprint density at radius 1 is 1.11 bits per heavy atom. The summed E-state index contributed by atoms with van der Waals surface area (Å²) in [6.45, 7) is 2.45. The molecule has 0 aromatic heterocycles. The Morgan fingerprint density at radius 2 is 1.84 bits per heavy atom. The topological polar surface area (TPSA) is 12.0 Å². The summed E-state index contributed by atoms with van der Waals surface area (Å²) in [4.78, 5) is 0. The standard InChI is InChI=1S/C15H14Cl2FN/c1-10(11-3-2-4-13(16)7-11)19-9-12-5-6-14(17)8-15(12)18/h2-8,10,19H,9H2,1H3. The first kappa shape index (κ1) is 14.3. The van der Waals surface area contributed by atoms with Gasteiger partial charge in [0.25, 0.3) is 0 Å². The van der Waals surface area contributed by atoms with E-state index < -0.39 is 0 Å². The van der Waals surface area contributed by atoms with Crippen LogP contribution in [0.2, 0.25) is 10.0 Å². The van der Waals surface area contributed by atoms with E-state index in [-0.39, 0.29) is 11.9 Å². The highest BCUT2D eigenvalue weighted by molar-refractivity contribution is 6.30. The molecule has 0 fully saturated rings. The summed E-state index contributed by atoms with van der Waals surface area (Å²) in [5, 5.41) is 4.37. The molecule has 0 radical (unpaired) electrons. The lowest BCUT2D eigenvalue weighted by Gasteiger charge is -2.15. The molecule has 2 aromatic rings. The summed E-state index contributed by atoms with van der Waals surface area (Å²) < 4.78 is 13.6. The van der Waals surface area contributed by atoms with Gasteiger partial charge >= 0.3 is 0 Å². The van der Waals surface area contributed by atoms with Crippen LogP contribution in [0, 0.1) is 5.82 Å². The highest BCUT2D eigenvalue weighted by atomic mass is 35.5. The number of benzene rings is 2. The zero-order valence-corrected chi connectivity index (χ0v) is 12.0. The largest absolute Gasteiger partial charge is 0.306 e. The molecule has 0 amide bonds. The normalized spacial score (nSPS) is 12.4. The molecule has 0 saturated heterocycles. The highest BCUT2D eigenvalue weighted by Gasteiger charge is 2.07. The average molecular weight is 298 g/mol. The molecule has 0 spiro atoms. The average Bonchev–Trinajstić information content (AvgIpc) is 2.37. The molecule has 1 N–H and O–H groups in total. The van der Waals surface area contributed by atoms with Crippen LogP contribution in [0.3, 0.4) is 0 Å². The van der Waals surface area contributed by atoms with Crippen molar-refractivity contribution in [2.45, 2.75) is 19.5 Å². The Bertz CT molecular complexity index is 572. The first-order valence-electron chi connectivity index (χ1n) is 5.99. The Balaban J connectivity index is 2.02. The molecule has 0 aliphatic heterocycles. The molecule has 100 valence electrons. The van der Waals surface area contributed by atoms with Gasteiger partial charge in [-0.2, -0.15) is 0 Å². The molecular weight excluding hydrogens is 284 g/mol. The Kier molecular flexibility index (Phi) is 4.81. The molecule has 0 bridgehead atoms. The number of hydrogen-bond donors (Lipinski definition) is 1. The van der Waals surface area contributed by atoms with Gasteiger partial charge in [-0.15, -0.1) is 0 Å². The summed E-state index contributed by atoms with van der Waals surface area (Å²) in [6, 6.07) is 12.4. The van der Waals surface area contributed by atoms with Crippen molar-refractivity contribution >= 4 is 23.2 Å². The predicted octanol–water partition coefficient (Wildman–Crippen LogP) is 4.98. The van der Waals surface area contributed by atoms with Crippen molar-refractivity contribution in [3.63, 3.8) is 0 Å². The second-order valence-corrected chi connectivity index (χ2v) is 5.27. The lowest BCUT2D eigenvalue weighted by atomic mass is 10.1. The van der Waals surface area contributed by atoms with Gasteiger partial charge in [-0.05, 0) is 36.8 Å². The van der Waals surface area contributed by atoms with E-state index in [2.05, 4.69) is 5.32 Å². The van der Waals surface area contributed by atoms with Crippen molar-refractivity contribution in [2.24, 2.45) is 0 Å². The Labute approximate surface area is 122 Å². The van der Waals surface area contributed by atoms with Crippen molar-refractivity contribution in [3.05, 3.63) is 69.5 Å². The van der Waals surface area contributed by atoms with Crippen LogP contribution in [0.4, 0.5) is 4.39 Å². The smallest absolute Gasteiger partial charge is 0.129 e. The van der Waals surface area contributed by atoms with Crippen LogP contribution in [0.5, 0.6) is 0 Å². The van der Waals surface area contributed by atoms with Crippen LogP contribution in [0.1, 0.15) is 24.1 Å². The van der Waals surface area contributed by atoms with E-state index in [1.54, 1.807) is 12.1 Å². The second-order valence-electron chi connectivity index (χ2n) is 4.39. The van der Waals surface area contributed by atoms with Crippen molar-refractivity contribution in [1.82, 2.24) is 5.32 Å². The molecule has 1 nitrogen and oxygen atoms in total. The van der Waals surface area contributed by atoms with E-state index in [0.29, 0.717) is 22.2 Å². The molecule has 4 heteroatoms. The molecule has 0 aliphatic carbocycles. The minimum Gasteiger partial charge on any atom is -0.306 e. The van der Waals surface area contributed by atoms with Crippen LogP contribution < -0.4 is 5.32 Å². The van der Waals surface area contributed by atoms with Gasteiger partial charge in [-0.3, -0.25) is 0 Å². The maximum absolute atomic E-state index is 13.6. The number of hydrogen-bond acceptors (Lipinski definition) is 1. The molecule has 1 atom stereocenters. The molecule has 19 heavy (non-hydrogen) atoms. The van der Waals surface area contributed by atoms with Crippen molar-refractivity contribution < 1.29 is 4.39 Å². The van der Waals surface area contributed by atoms with E-state index in [0.717, 1.165) is 5.56 Å². The van der Waals surface area contributed by atoms with Gasteiger partial charge in [0, 0.05) is 28.2 Å². The molecule has 2 rings (SSSR count). The fourth-order valence-corrected chi connectivity index (χ4v) is 2.18. The van der Waals surface area contributed by atoms with E-state index in [1.807, 2.05) is 31.2 Å². The summed E-state index contributed by atoms with van der Waals surface area (Å²) in [5.74, 6) is -0.293. The lowest BCUT2D eigenvalue weighted by Crippen LogP contribution is -2.18. The van der Waals surface area contributed by atoms with Gasteiger partial charge in [0.1, 0.15) is 5.82 Å². The zero-order chi connectivity index (χ0) is 13.8. The quantitative estimate of drug-likeness (QED) is 0.839. The van der Waals surface area contributed by atoms with Crippen molar-refractivity contribution in [1.29, 1.82) is 0 Å².